The SMILES string of the molecule is [N-]=[NH+]C(=O)OCc1ccccc1. The van der Waals surface area contributed by atoms with E-state index >= 15 is 0 Å². The molecule has 1 amide bonds. The molecule has 0 aliphatic rings. The topological polar surface area (TPSA) is 62.6 Å². The zero-order valence-corrected chi connectivity index (χ0v) is 6.36. The summed E-state index contributed by atoms with van der Waals surface area (Å²) < 4.78 is 4.58. The van der Waals surface area contributed by atoms with Crippen LogP contribution in [0.25, 0.3) is 5.53 Å². The van der Waals surface area contributed by atoms with Gasteiger partial charge in [0.1, 0.15) is 6.61 Å². The molecule has 0 radical (unpaired) electrons. The highest BCUT2D eigenvalue weighted by Crippen LogP contribution is 1.99. The van der Waals surface area contributed by atoms with Crippen LogP contribution in [0, 0.1) is 0 Å². The monoisotopic (exact) mass is 164 g/mol. The van der Waals surface area contributed by atoms with Crippen molar-refractivity contribution in [1.82, 2.24) is 0 Å². The van der Waals surface area contributed by atoms with Crippen LogP contribution in [0.15, 0.2) is 30.3 Å². The van der Waals surface area contributed by atoms with E-state index < -0.39 is 6.09 Å². The molecule has 0 saturated heterocycles. The highest BCUT2D eigenvalue weighted by atomic mass is 16.5. The molecule has 12 heavy (non-hydrogen) atoms. The van der Waals surface area contributed by atoms with Gasteiger partial charge in [0.05, 0.1) is 0 Å². The van der Waals surface area contributed by atoms with Gasteiger partial charge in [0.25, 0.3) is 0 Å². The molecule has 0 saturated carbocycles. The number of nitrogens with zero attached hydrogens (tertiary/aromatic N) is 1. The fraction of sp³-hybridized carbons (Fsp3) is 0.125. The molecule has 0 heterocycles. The Kier molecular flexibility index (Phi) is 2.95. The van der Waals surface area contributed by atoms with Gasteiger partial charge in [-0.1, -0.05) is 30.3 Å². The van der Waals surface area contributed by atoms with Crippen LogP contribution in [-0.2, 0) is 11.3 Å². The van der Waals surface area contributed by atoms with Crippen LogP contribution in [-0.4, -0.2) is 6.09 Å². The van der Waals surface area contributed by atoms with Crippen LogP contribution in [0.1, 0.15) is 5.56 Å². The molecule has 0 spiro atoms. The molecule has 1 N–H and O–H groups in total. The van der Waals surface area contributed by atoms with Crippen molar-refractivity contribution >= 4 is 6.09 Å². The lowest BCUT2D eigenvalue weighted by molar-refractivity contribution is -0.393. The fourth-order valence-corrected chi connectivity index (χ4v) is 0.755. The number of hydrogen-bond acceptors (Lipinski definition) is 2. The number of ether oxygens (including phenoxy) is 1. The highest BCUT2D eigenvalue weighted by Gasteiger charge is 2.01. The molecular weight excluding hydrogens is 156 g/mol. The van der Waals surface area contributed by atoms with Gasteiger partial charge in [-0.3, -0.25) is 0 Å². The summed E-state index contributed by atoms with van der Waals surface area (Å²) in [5, 5.41) is 1.37. The van der Waals surface area contributed by atoms with Crippen LogP contribution < -0.4 is 5.11 Å². The number of carbonyl (C=O) groups is 1. The Bertz CT molecular complexity index is 272. The van der Waals surface area contributed by atoms with Crippen LogP contribution in [0.4, 0.5) is 4.79 Å². The maximum atomic E-state index is 10.4. The molecule has 0 aliphatic carbocycles. The second-order valence-corrected chi connectivity index (χ2v) is 2.17. The first kappa shape index (κ1) is 8.39. The normalized spacial score (nSPS) is 9.00. The molecule has 62 valence electrons. The third kappa shape index (κ3) is 2.49. The number of benzene rings is 1. The van der Waals surface area contributed by atoms with Gasteiger partial charge in [0.15, 0.2) is 0 Å². The summed E-state index contributed by atoms with van der Waals surface area (Å²) in [6.45, 7) is 0.160. The van der Waals surface area contributed by atoms with Crippen molar-refractivity contribution in [3.05, 3.63) is 41.4 Å². The Morgan fingerprint density at radius 3 is 2.67 bits per heavy atom. The molecular formula is C8H8N2O2. The van der Waals surface area contributed by atoms with Gasteiger partial charge in [-0.05, 0) is 5.56 Å². The minimum atomic E-state index is -0.848. The van der Waals surface area contributed by atoms with Gasteiger partial charge in [0, 0.05) is 0 Å². The van der Waals surface area contributed by atoms with Crippen molar-refractivity contribution in [3.63, 3.8) is 0 Å². The lowest BCUT2D eigenvalue weighted by atomic mass is 10.2. The van der Waals surface area contributed by atoms with E-state index in [0.29, 0.717) is 0 Å². The number of carbonyl (C=O) groups excluding carboxylic acids is 1. The molecule has 1 aromatic carbocycles. The van der Waals surface area contributed by atoms with E-state index in [4.69, 9.17) is 5.53 Å². The summed E-state index contributed by atoms with van der Waals surface area (Å²) in [5.41, 5.74) is 8.96. The summed E-state index contributed by atoms with van der Waals surface area (Å²) in [6.07, 6.45) is -0.848. The highest BCUT2D eigenvalue weighted by molar-refractivity contribution is 5.54. The summed E-state index contributed by atoms with van der Waals surface area (Å²) in [6, 6.07) is 9.20. The maximum Gasteiger partial charge on any atom is 0.583 e. The van der Waals surface area contributed by atoms with Gasteiger partial charge >= 0.3 is 6.09 Å². The first-order chi connectivity index (χ1) is 5.83. The van der Waals surface area contributed by atoms with Crippen molar-refractivity contribution < 1.29 is 14.6 Å². The van der Waals surface area contributed by atoms with E-state index in [2.05, 4.69) is 4.74 Å². The number of amides is 1. The Hall–Kier alpha value is -1.71. The molecule has 0 aliphatic heterocycles. The molecule has 0 bridgehead atoms. The van der Waals surface area contributed by atoms with Crippen LogP contribution >= 0.6 is 0 Å². The summed E-state index contributed by atoms with van der Waals surface area (Å²) in [5.74, 6) is 0. The van der Waals surface area contributed by atoms with Crippen molar-refractivity contribution in [3.8, 4) is 0 Å². The van der Waals surface area contributed by atoms with Gasteiger partial charge in [0.2, 0.25) is 0 Å². The van der Waals surface area contributed by atoms with Crippen molar-refractivity contribution in [1.29, 1.82) is 0 Å². The zero-order valence-electron chi connectivity index (χ0n) is 6.36. The first-order valence-electron chi connectivity index (χ1n) is 3.43. The van der Waals surface area contributed by atoms with Gasteiger partial charge in [-0.2, -0.15) is 4.79 Å². The predicted molar refractivity (Wildman–Crippen MR) is 40.9 cm³/mol. The Balaban J connectivity index is 2.43. The second-order valence-electron chi connectivity index (χ2n) is 2.17. The van der Waals surface area contributed by atoms with Gasteiger partial charge in [-0.25, -0.2) is 5.11 Å². The molecule has 0 atom stereocenters. The molecule has 4 heteroatoms. The van der Waals surface area contributed by atoms with Gasteiger partial charge < -0.3 is 10.3 Å². The Morgan fingerprint density at radius 2 is 2.08 bits per heavy atom. The van der Waals surface area contributed by atoms with Crippen LogP contribution in [0.2, 0.25) is 0 Å². The number of nitrogens with one attached hydrogen (secondary N) is 1. The second kappa shape index (κ2) is 4.23. The summed E-state index contributed by atoms with van der Waals surface area (Å²) in [4.78, 5) is 10.4. The molecule has 0 aromatic heterocycles. The van der Waals surface area contributed by atoms with Crippen LogP contribution in [0.5, 0.6) is 0 Å². The van der Waals surface area contributed by atoms with Crippen molar-refractivity contribution in [2.45, 2.75) is 6.61 Å². The summed E-state index contributed by atoms with van der Waals surface area (Å²) in [7, 11) is 0. The standard InChI is InChI=1S/C8H8N2O2/c9-10-8(11)12-6-7-4-2-1-3-5-7/h1-5,10H,6H2. The lowest BCUT2D eigenvalue weighted by Crippen LogP contribution is -2.68. The van der Waals surface area contributed by atoms with Crippen molar-refractivity contribution in [2.75, 3.05) is 0 Å². The smallest absolute Gasteiger partial charge is 0.496 e. The van der Waals surface area contributed by atoms with Crippen molar-refractivity contribution in [2.24, 2.45) is 0 Å². The molecule has 0 fully saturated rings. The zero-order chi connectivity index (χ0) is 8.81. The lowest BCUT2D eigenvalue weighted by Gasteiger charge is -1.97. The number of hydrogen-bond donors (Lipinski definition) is 1. The molecule has 4 nitrogen and oxygen atoms in total. The van der Waals surface area contributed by atoms with E-state index in [9.17, 15) is 4.79 Å². The summed E-state index contributed by atoms with van der Waals surface area (Å²) >= 11 is 0. The molecule has 1 aromatic rings. The first-order valence-corrected chi connectivity index (χ1v) is 3.43. The third-order valence-electron chi connectivity index (χ3n) is 1.30. The van der Waals surface area contributed by atoms with E-state index in [-0.39, 0.29) is 6.61 Å². The van der Waals surface area contributed by atoms with E-state index in [1.165, 1.54) is 5.11 Å². The van der Waals surface area contributed by atoms with Crippen LogP contribution in [0.3, 0.4) is 0 Å². The molecule has 0 unspecified atom stereocenters. The average molecular weight is 164 g/mol. The maximum absolute atomic E-state index is 10.4. The van der Waals surface area contributed by atoms with Gasteiger partial charge in [-0.15, -0.1) is 0 Å². The van der Waals surface area contributed by atoms with E-state index in [1.807, 2.05) is 30.3 Å². The average Bonchev–Trinajstić information content (AvgIpc) is 2.16. The number of rotatable bonds is 2. The predicted octanol–water partition coefficient (Wildman–Crippen LogP) is 0.425. The minimum Gasteiger partial charge on any atom is -0.496 e. The largest absolute Gasteiger partial charge is 0.583 e. The quantitative estimate of drug-likeness (QED) is 0.644. The van der Waals surface area contributed by atoms with E-state index in [1.54, 1.807) is 0 Å². The third-order valence-corrected chi connectivity index (χ3v) is 1.30. The molecule has 1 rings (SSSR count). The minimum absolute atomic E-state index is 0.160. The van der Waals surface area contributed by atoms with E-state index in [0.717, 1.165) is 5.56 Å². The fourth-order valence-electron chi connectivity index (χ4n) is 0.755. The Labute approximate surface area is 69.7 Å². The Morgan fingerprint density at radius 1 is 1.42 bits per heavy atom.